The first-order chi connectivity index (χ1) is 9.94. The molecule has 112 valence electrons. The lowest BCUT2D eigenvalue weighted by molar-refractivity contribution is -0.128. The van der Waals surface area contributed by atoms with Crippen molar-refractivity contribution in [1.82, 2.24) is 9.62 Å². The van der Waals surface area contributed by atoms with Gasteiger partial charge in [-0.15, -0.1) is 0 Å². The normalized spacial score (nSPS) is 15.0. The van der Waals surface area contributed by atoms with Gasteiger partial charge in [-0.25, -0.2) is 13.1 Å². The molecule has 6 nitrogen and oxygen atoms in total. The zero-order chi connectivity index (χ0) is 15.5. The van der Waals surface area contributed by atoms with Crippen LogP contribution in [0.2, 0.25) is 0 Å². The van der Waals surface area contributed by atoms with E-state index in [0.29, 0.717) is 18.7 Å². The summed E-state index contributed by atoms with van der Waals surface area (Å²) in [5.74, 6) is -0.217. The average Bonchev–Trinajstić information content (AvgIpc) is 2.99. The van der Waals surface area contributed by atoms with Gasteiger partial charge in [0.15, 0.2) is 0 Å². The van der Waals surface area contributed by atoms with Gasteiger partial charge in [0.25, 0.3) is 0 Å². The fourth-order valence-electron chi connectivity index (χ4n) is 2.27. The molecule has 1 heterocycles. The number of carbonyl (C=O) groups excluding carboxylic acids is 1. The van der Waals surface area contributed by atoms with Gasteiger partial charge in [0, 0.05) is 13.1 Å². The van der Waals surface area contributed by atoms with Gasteiger partial charge in [0.05, 0.1) is 23.1 Å². The van der Waals surface area contributed by atoms with Crippen molar-refractivity contribution in [3.05, 3.63) is 29.3 Å². The molecule has 1 aromatic carbocycles. The van der Waals surface area contributed by atoms with E-state index in [2.05, 4.69) is 4.72 Å². The molecule has 2 rings (SSSR count). The highest BCUT2D eigenvalue weighted by Gasteiger charge is 2.22. The van der Waals surface area contributed by atoms with Crippen LogP contribution in [0.1, 0.15) is 24.0 Å². The number of nitrogens with zero attached hydrogens (tertiary/aromatic N) is 2. The number of carbonyl (C=O) groups is 1. The van der Waals surface area contributed by atoms with Gasteiger partial charge < -0.3 is 4.90 Å². The molecule has 7 heteroatoms. The molecule has 1 aliphatic heterocycles. The van der Waals surface area contributed by atoms with Gasteiger partial charge in [-0.2, -0.15) is 5.26 Å². The maximum atomic E-state index is 12.2. The van der Waals surface area contributed by atoms with Crippen molar-refractivity contribution in [1.29, 1.82) is 5.26 Å². The van der Waals surface area contributed by atoms with Crippen LogP contribution in [0.4, 0.5) is 0 Å². The van der Waals surface area contributed by atoms with E-state index in [9.17, 15) is 13.2 Å². The van der Waals surface area contributed by atoms with Crippen LogP contribution in [0, 0.1) is 18.3 Å². The third-order valence-corrected chi connectivity index (χ3v) is 5.02. The summed E-state index contributed by atoms with van der Waals surface area (Å²) in [6, 6.07) is 6.36. The Kier molecular flexibility index (Phi) is 4.60. The number of amides is 1. The Morgan fingerprint density at radius 1 is 1.38 bits per heavy atom. The Balaban J connectivity index is 2.11. The highest BCUT2D eigenvalue weighted by Crippen LogP contribution is 2.16. The predicted molar refractivity (Wildman–Crippen MR) is 76.9 cm³/mol. The van der Waals surface area contributed by atoms with E-state index in [1.54, 1.807) is 24.0 Å². The quantitative estimate of drug-likeness (QED) is 0.889. The fourth-order valence-corrected chi connectivity index (χ4v) is 3.52. The molecule has 0 bridgehead atoms. The van der Waals surface area contributed by atoms with E-state index in [1.807, 2.05) is 6.07 Å². The summed E-state index contributed by atoms with van der Waals surface area (Å²) in [7, 11) is -3.80. The third-order valence-electron chi connectivity index (χ3n) is 3.48. The molecule has 0 radical (unpaired) electrons. The summed E-state index contributed by atoms with van der Waals surface area (Å²) in [5, 5.41) is 8.85. The number of nitrogens with one attached hydrogen (secondary N) is 1. The monoisotopic (exact) mass is 307 g/mol. The number of rotatable bonds is 4. The van der Waals surface area contributed by atoms with Crippen molar-refractivity contribution < 1.29 is 13.2 Å². The van der Waals surface area contributed by atoms with Crippen molar-refractivity contribution in [2.75, 3.05) is 19.6 Å². The van der Waals surface area contributed by atoms with Gasteiger partial charge in [-0.1, -0.05) is 6.07 Å². The largest absolute Gasteiger partial charge is 0.342 e. The SMILES string of the molecule is Cc1ccc(C#N)cc1S(=O)(=O)NCC(=O)N1CCCC1. The highest BCUT2D eigenvalue weighted by molar-refractivity contribution is 7.89. The van der Waals surface area contributed by atoms with Crippen LogP contribution < -0.4 is 4.72 Å². The van der Waals surface area contributed by atoms with Crippen LogP contribution in [0.5, 0.6) is 0 Å². The molecule has 1 aromatic rings. The van der Waals surface area contributed by atoms with Crippen molar-refractivity contribution in [3.8, 4) is 6.07 Å². The summed E-state index contributed by atoms with van der Waals surface area (Å²) in [6.45, 7) is 2.77. The minimum absolute atomic E-state index is 0.0378. The summed E-state index contributed by atoms with van der Waals surface area (Å²) < 4.78 is 26.8. The number of likely N-dealkylation sites (tertiary alicyclic amines) is 1. The molecule has 21 heavy (non-hydrogen) atoms. The van der Waals surface area contributed by atoms with E-state index >= 15 is 0 Å². The first-order valence-electron chi connectivity index (χ1n) is 6.72. The summed E-state index contributed by atoms with van der Waals surface area (Å²) >= 11 is 0. The molecule has 0 unspecified atom stereocenters. The molecule has 1 aliphatic rings. The van der Waals surface area contributed by atoms with Crippen LogP contribution in [-0.4, -0.2) is 38.9 Å². The Hall–Kier alpha value is -1.91. The molecule has 1 N–H and O–H groups in total. The van der Waals surface area contributed by atoms with Gasteiger partial charge in [0.2, 0.25) is 15.9 Å². The number of benzene rings is 1. The molecule has 0 atom stereocenters. The van der Waals surface area contributed by atoms with Crippen LogP contribution in [0.25, 0.3) is 0 Å². The van der Waals surface area contributed by atoms with E-state index in [1.165, 1.54) is 6.07 Å². The van der Waals surface area contributed by atoms with Crippen molar-refractivity contribution >= 4 is 15.9 Å². The van der Waals surface area contributed by atoms with Crippen molar-refractivity contribution in [2.45, 2.75) is 24.7 Å². The standard InChI is InChI=1S/C14H17N3O3S/c1-11-4-5-12(9-15)8-13(11)21(19,20)16-10-14(18)17-6-2-3-7-17/h4-5,8,16H,2-3,6-7,10H2,1H3. The minimum Gasteiger partial charge on any atom is -0.342 e. The first-order valence-corrected chi connectivity index (χ1v) is 8.20. The predicted octanol–water partition coefficient (Wildman–Crippen LogP) is 0.767. The van der Waals surface area contributed by atoms with Gasteiger partial charge >= 0.3 is 0 Å². The molecule has 0 aromatic heterocycles. The molecule has 0 aliphatic carbocycles. The lowest BCUT2D eigenvalue weighted by Crippen LogP contribution is -2.38. The van der Waals surface area contributed by atoms with Crippen LogP contribution in [0.15, 0.2) is 23.1 Å². The van der Waals surface area contributed by atoms with Gasteiger partial charge in [0.1, 0.15) is 0 Å². The Morgan fingerprint density at radius 2 is 2.05 bits per heavy atom. The molecule has 0 saturated carbocycles. The second-order valence-corrected chi connectivity index (χ2v) is 6.74. The lowest BCUT2D eigenvalue weighted by Gasteiger charge is -2.16. The van der Waals surface area contributed by atoms with E-state index in [0.717, 1.165) is 12.8 Å². The Morgan fingerprint density at radius 3 is 2.67 bits per heavy atom. The molecule has 1 fully saturated rings. The van der Waals surface area contributed by atoms with E-state index in [-0.39, 0.29) is 22.9 Å². The van der Waals surface area contributed by atoms with Crippen molar-refractivity contribution in [3.63, 3.8) is 0 Å². The zero-order valence-electron chi connectivity index (χ0n) is 11.8. The van der Waals surface area contributed by atoms with Gasteiger partial charge in [-0.05, 0) is 37.5 Å². The zero-order valence-corrected chi connectivity index (χ0v) is 12.6. The van der Waals surface area contributed by atoms with Crippen LogP contribution in [0.3, 0.4) is 0 Å². The van der Waals surface area contributed by atoms with Crippen LogP contribution >= 0.6 is 0 Å². The smallest absolute Gasteiger partial charge is 0.241 e. The lowest BCUT2D eigenvalue weighted by atomic mass is 10.2. The average molecular weight is 307 g/mol. The first kappa shape index (κ1) is 15.5. The maximum Gasteiger partial charge on any atom is 0.241 e. The molecule has 0 spiro atoms. The topological polar surface area (TPSA) is 90.3 Å². The van der Waals surface area contributed by atoms with E-state index < -0.39 is 10.0 Å². The number of sulfonamides is 1. The fraction of sp³-hybridized carbons (Fsp3) is 0.429. The number of aryl methyl sites for hydroxylation is 1. The summed E-state index contributed by atoms with van der Waals surface area (Å²) in [4.78, 5) is 13.6. The number of hydrogen-bond donors (Lipinski definition) is 1. The van der Waals surface area contributed by atoms with Crippen LogP contribution in [-0.2, 0) is 14.8 Å². The molecular weight excluding hydrogens is 290 g/mol. The summed E-state index contributed by atoms with van der Waals surface area (Å²) in [6.07, 6.45) is 1.92. The molecular formula is C14H17N3O3S. The Labute approximate surface area is 124 Å². The van der Waals surface area contributed by atoms with Crippen molar-refractivity contribution in [2.24, 2.45) is 0 Å². The number of nitriles is 1. The minimum atomic E-state index is -3.80. The maximum absolute atomic E-state index is 12.2. The third kappa shape index (κ3) is 3.60. The van der Waals surface area contributed by atoms with Gasteiger partial charge in [-0.3, -0.25) is 4.79 Å². The summed E-state index contributed by atoms with van der Waals surface area (Å²) in [5.41, 5.74) is 0.807. The second-order valence-electron chi connectivity index (χ2n) is 5.00. The molecule has 1 saturated heterocycles. The molecule has 1 amide bonds. The van der Waals surface area contributed by atoms with E-state index in [4.69, 9.17) is 5.26 Å². The highest BCUT2D eigenvalue weighted by atomic mass is 32.2. The number of hydrogen-bond acceptors (Lipinski definition) is 4. The second kappa shape index (κ2) is 6.24. The Bertz CT molecular complexity index is 686.